The zero-order valence-corrected chi connectivity index (χ0v) is 16.6. The molecule has 1 aromatic heterocycles. The maximum atomic E-state index is 12.8. The SMILES string of the molecule is Cc1ccc(C(O)=C2C(=O)C(=O)N(CCCN(C)C)C2c2cccs2)cc1. The zero-order valence-electron chi connectivity index (χ0n) is 15.8. The third-order valence-electron chi connectivity index (χ3n) is 4.68. The molecule has 0 aliphatic carbocycles. The van der Waals surface area contributed by atoms with E-state index < -0.39 is 17.7 Å². The Morgan fingerprint density at radius 2 is 1.89 bits per heavy atom. The number of aryl methyl sites for hydroxylation is 1. The van der Waals surface area contributed by atoms with E-state index >= 15 is 0 Å². The van der Waals surface area contributed by atoms with Crippen molar-refractivity contribution in [3.63, 3.8) is 0 Å². The van der Waals surface area contributed by atoms with Gasteiger partial charge in [-0.1, -0.05) is 35.9 Å². The van der Waals surface area contributed by atoms with Gasteiger partial charge in [-0.15, -0.1) is 11.3 Å². The van der Waals surface area contributed by atoms with Gasteiger partial charge in [-0.25, -0.2) is 0 Å². The van der Waals surface area contributed by atoms with Crippen molar-refractivity contribution < 1.29 is 14.7 Å². The van der Waals surface area contributed by atoms with Crippen LogP contribution in [0.1, 0.15) is 28.5 Å². The van der Waals surface area contributed by atoms with Gasteiger partial charge in [0.1, 0.15) is 5.76 Å². The van der Waals surface area contributed by atoms with E-state index in [1.807, 2.05) is 55.6 Å². The summed E-state index contributed by atoms with van der Waals surface area (Å²) in [4.78, 5) is 30.0. The molecule has 1 atom stereocenters. The number of rotatable bonds is 6. The van der Waals surface area contributed by atoms with Crippen LogP contribution in [0, 0.1) is 6.92 Å². The van der Waals surface area contributed by atoms with E-state index in [9.17, 15) is 14.7 Å². The Hall–Kier alpha value is -2.44. The summed E-state index contributed by atoms with van der Waals surface area (Å²) in [6.07, 6.45) is 0.756. The minimum Gasteiger partial charge on any atom is -0.507 e. The third kappa shape index (κ3) is 3.96. The summed E-state index contributed by atoms with van der Waals surface area (Å²) < 4.78 is 0. The molecule has 1 saturated heterocycles. The number of nitrogens with zero attached hydrogens (tertiary/aromatic N) is 2. The van der Waals surface area contributed by atoms with Crippen LogP contribution in [0.15, 0.2) is 47.4 Å². The Bertz CT molecular complexity index is 854. The highest BCUT2D eigenvalue weighted by atomic mass is 32.1. The fourth-order valence-electron chi connectivity index (χ4n) is 3.28. The molecule has 1 N–H and O–H groups in total. The maximum Gasteiger partial charge on any atom is 0.295 e. The summed E-state index contributed by atoms with van der Waals surface area (Å²) in [5.74, 6) is -1.26. The fraction of sp³-hybridized carbons (Fsp3) is 0.333. The van der Waals surface area contributed by atoms with Crippen molar-refractivity contribution in [1.82, 2.24) is 9.80 Å². The molecule has 1 aliphatic heterocycles. The van der Waals surface area contributed by atoms with Crippen molar-refractivity contribution in [3.05, 3.63) is 63.4 Å². The second-order valence-corrected chi connectivity index (χ2v) is 8.01. The lowest BCUT2D eigenvalue weighted by Gasteiger charge is -2.24. The van der Waals surface area contributed by atoms with Gasteiger partial charge in [0.25, 0.3) is 11.7 Å². The smallest absolute Gasteiger partial charge is 0.295 e. The number of Topliss-reactive ketones (excluding diaryl/α,β-unsaturated/α-hetero) is 1. The number of carbonyl (C=O) groups is 2. The topological polar surface area (TPSA) is 60.9 Å². The molecular weight excluding hydrogens is 360 g/mol. The Kier molecular flexibility index (Phi) is 5.77. The van der Waals surface area contributed by atoms with Crippen molar-refractivity contribution in [3.8, 4) is 0 Å². The molecule has 0 saturated carbocycles. The first-order chi connectivity index (χ1) is 12.9. The van der Waals surface area contributed by atoms with Crippen LogP contribution in [-0.2, 0) is 9.59 Å². The molecule has 2 aromatic rings. The average molecular weight is 385 g/mol. The summed E-state index contributed by atoms with van der Waals surface area (Å²) in [6, 6.07) is 10.6. The number of hydrogen-bond donors (Lipinski definition) is 1. The average Bonchev–Trinajstić information content (AvgIpc) is 3.24. The van der Waals surface area contributed by atoms with Gasteiger partial charge in [0.2, 0.25) is 0 Å². The Morgan fingerprint density at radius 3 is 2.48 bits per heavy atom. The zero-order chi connectivity index (χ0) is 19.6. The lowest BCUT2D eigenvalue weighted by atomic mass is 9.99. The molecule has 0 spiro atoms. The number of likely N-dealkylation sites (tertiary alicyclic amines) is 1. The number of ketones is 1. The van der Waals surface area contributed by atoms with E-state index in [2.05, 4.69) is 0 Å². The summed E-state index contributed by atoms with van der Waals surface area (Å²) in [6.45, 7) is 3.24. The van der Waals surface area contributed by atoms with Crippen LogP contribution < -0.4 is 0 Å². The number of aliphatic hydroxyl groups is 1. The summed E-state index contributed by atoms with van der Waals surface area (Å²) in [5.41, 5.74) is 1.79. The van der Waals surface area contributed by atoms with Crippen molar-refractivity contribution >= 4 is 28.8 Å². The van der Waals surface area contributed by atoms with Gasteiger partial charge in [-0.05, 0) is 45.4 Å². The van der Waals surface area contributed by atoms with Crippen LogP contribution in [0.25, 0.3) is 5.76 Å². The molecule has 1 unspecified atom stereocenters. The molecule has 27 heavy (non-hydrogen) atoms. The molecule has 0 bridgehead atoms. The molecule has 5 nitrogen and oxygen atoms in total. The van der Waals surface area contributed by atoms with Crippen LogP contribution in [0.3, 0.4) is 0 Å². The van der Waals surface area contributed by atoms with Gasteiger partial charge in [-0.3, -0.25) is 9.59 Å². The molecule has 0 radical (unpaired) electrons. The Labute approximate surface area is 163 Å². The number of hydrogen-bond acceptors (Lipinski definition) is 5. The normalized spacial score (nSPS) is 19.3. The number of amides is 1. The lowest BCUT2D eigenvalue weighted by Crippen LogP contribution is -2.32. The van der Waals surface area contributed by atoms with E-state index in [4.69, 9.17) is 0 Å². The number of carbonyl (C=O) groups excluding carboxylic acids is 2. The van der Waals surface area contributed by atoms with Crippen molar-refractivity contribution in [2.75, 3.05) is 27.2 Å². The van der Waals surface area contributed by atoms with Crippen LogP contribution in [0.4, 0.5) is 0 Å². The second-order valence-electron chi connectivity index (χ2n) is 7.03. The molecule has 3 rings (SSSR count). The first kappa shape index (κ1) is 19.3. The number of aliphatic hydroxyl groups excluding tert-OH is 1. The minimum atomic E-state index is -0.615. The van der Waals surface area contributed by atoms with Gasteiger partial charge in [0, 0.05) is 17.0 Å². The molecule has 6 heteroatoms. The largest absolute Gasteiger partial charge is 0.507 e. The fourth-order valence-corrected chi connectivity index (χ4v) is 4.12. The summed E-state index contributed by atoms with van der Waals surface area (Å²) in [7, 11) is 3.95. The van der Waals surface area contributed by atoms with Crippen molar-refractivity contribution in [1.29, 1.82) is 0 Å². The van der Waals surface area contributed by atoms with Crippen LogP contribution in [-0.4, -0.2) is 53.8 Å². The molecule has 142 valence electrons. The highest BCUT2D eigenvalue weighted by molar-refractivity contribution is 7.10. The number of benzene rings is 1. The van der Waals surface area contributed by atoms with Gasteiger partial charge in [-0.2, -0.15) is 0 Å². The minimum absolute atomic E-state index is 0.109. The van der Waals surface area contributed by atoms with E-state index in [1.165, 1.54) is 11.3 Å². The predicted octanol–water partition coefficient (Wildman–Crippen LogP) is 3.43. The highest BCUT2D eigenvalue weighted by Gasteiger charge is 2.46. The molecular formula is C21H24N2O3S. The Morgan fingerprint density at radius 1 is 1.19 bits per heavy atom. The molecule has 1 amide bonds. The molecule has 2 heterocycles. The monoisotopic (exact) mass is 384 g/mol. The molecule has 1 aliphatic rings. The van der Waals surface area contributed by atoms with Gasteiger partial charge >= 0.3 is 0 Å². The first-order valence-corrected chi connectivity index (χ1v) is 9.81. The summed E-state index contributed by atoms with van der Waals surface area (Å²) >= 11 is 1.48. The van der Waals surface area contributed by atoms with Gasteiger partial charge in [0.15, 0.2) is 0 Å². The van der Waals surface area contributed by atoms with Gasteiger partial charge < -0.3 is 14.9 Å². The quantitative estimate of drug-likeness (QED) is 0.471. The van der Waals surface area contributed by atoms with Crippen LogP contribution >= 0.6 is 11.3 Å². The highest BCUT2D eigenvalue weighted by Crippen LogP contribution is 2.41. The van der Waals surface area contributed by atoms with E-state index in [-0.39, 0.29) is 11.3 Å². The van der Waals surface area contributed by atoms with E-state index in [1.54, 1.807) is 17.0 Å². The first-order valence-electron chi connectivity index (χ1n) is 8.93. The van der Waals surface area contributed by atoms with Crippen molar-refractivity contribution in [2.45, 2.75) is 19.4 Å². The predicted molar refractivity (Wildman–Crippen MR) is 108 cm³/mol. The van der Waals surface area contributed by atoms with E-state index in [0.717, 1.165) is 23.4 Å². The molecule has 1 aromatic carbocycles. The number of thiophene rings is 1. The molecule has 1 fully saturated rings. The van der Waals surface area contributed by atoms with Crippen LogP contribution in [0.5, 0.6) is 0 Å². The Balaban J connectivity index is 2.03. The summed E-state index contributed by atoms with van der Waals surface area (Å²) in [5, 5.41) is 12.8. The second kappa shape index (κ2) is 8.06. The standard InChI is InChI=1S/C21H24N2O3S/c1-14-7-9-15(10-8-14)19(24)17-18(16-6-4-13-27-16)23(21(26)20(17)25)12-5-11-22(2)3/h4,6-10,13,18,24H,5,11-12H2,1-3H3. The lowest BCUT2D eigenvalue weighted by molar-refractivity contribution is -0.139. The van der Waals surface area contributed by atoms with Crippen molar-refractivity contribution in [2.24, 2.45) is 0 Å². The third-order valence-corrected chi connectivity index (χ3v) is 5.61. The van der Waals surface area contributed by atoms with Gasteiger partial charge in [0.05, 0.1) is 11.6 Å². The van der Waals surface area contributed by atoms with Crippen LogP contribution in [0.2, 0.25) is 0 Å². The van der Waals surface area contributed by atoms with E-state index in [0.29, 0.717) is 12.1 Å². The maximum absolute atomic E-state index is 12.8.